The summed E-state index contributed by atoms with van der Waals surface area (Å²) in [4.78, 5) is 18.6. The van der Waals surface area contributed by atoms with Crippen molar-refractivity contribution in [3.8, 4) is 0 Å². The molecule has 2 heterocycles. The summed E-state index contributed by atoms with van der Waals surface area (Å²) in [6.45, 7) is 1.58. The lowest BCUT2D eigenvalue weighted by Crippen LogP contribution is -2.24. The molecule has 1 aliphatic rings. The number of benzene rings is 1. The molecule has 0 spiro atoms. The molecule has 0 radical (unpaired) electrons. The molecule has 3 rings (SSSR count). The Morgan fingerprint density at radius 3 is 2.57 bits per heavy atom. The molecule has 23 heavy (non-hydrogen) atoms. The van der Waals surface area contributed by atoms with E-state index in [0.717, 1.165) is 38.1 Å². The van der Waals surface area contributed by atoms with E-state index in [1.54, 1.807) is 18.3 Å². The van der Waals surface area contributed by atoms with Gasteiger partial charge in [-0.3, -0.25) is 4.79 Å². The van der Waals surface area contributed by atoms with E-state index in [1.165, 1.54) is 0 Å². The summed E-state index contributed by atoms with van der Waals surface area (Å²) in [5, 5.41) is 2.27. The molecule has 2 aromatic rings. The summed E-state index contributed by atoms with van der Waals surface area (Å²) in [5.74, 6) is -4.46. The van der Waals surface area contributed by atoms with Crippen molar-refractivity contribution in [3.63, 3.8) is 0 Å². The quantitative estimate of drug-likeness (QED) is 0.882. The summed E-state index contributed by atoms with van der Waals surface area (Å²) in [7, 11) is 0. The molecule has 1 aliphatic heterocycles. The molecule has 1 saturated heterocycles. The molecule has 0 aliphatic carbocycles. The zero-order valence-electron chi connectivity index (χ0n) is 12.2. The predicted molar refractivity (Wildman–Crippen MR) is 80.0 cm³/mol. The number of hydrogen-bond acceptors (Lipinski definition) is 3. The molecule has 120 valence electrons. The number of hydrogen-bond donors (Lipinski definition) is 1. The molecule has 1 aromatic heterocycles. The van der Waals surface area contributed by atoms with Crippen molar-refractivity contribution in [2.75, 3.05) is 23.3 Å². The smallest absolute Gasteiger partial charge is 0.259 e. The number of anilines is 2. The molecular formula is C16H14F3N3O. The third kappa shape index (κ3) is 2.99. The van der Waals surface area contributed by atoms with Gasteiger partial charge in [0.1, 0.15) is 5.82 Å². The van der Waals surface area contributed by atoms with Crippen molar-refractivity contribution in [2.45, 2.75) is 12.8 Å². The summed E-state index contributed by atoms with van der Waals surface area (Å²) in [6.07, 6.45) is 3.59. The van der Waals surface area contributed by atoms with E-state index >= 15 is 0 Å². The lowest BCUT2D eigenvalue weighted by molar-refractivity contribution is 0.102. The van der Waals surface area contributed by atoms with Crippen molar-refractivity contribution < 1.29 is 18.0 Å². The van der Waals surface area contributed by atoms with Crippen LogP contribution in [0.3, 0.4) is 0 Å². The maximum Gasteiger partial charge on any atom is 0.259 e. The van der Waals surface area contributed by atoms with Gasteiger partial charge in [-0.1, -0.05) is 0 Å². The zero-order valence-corrected chi connectivity index (χ0v) is 12.2. The van der Waals surface area contributed by atoms with Gasteiger partial charge in [0.15, 0.2) is 17.5 Å². The SMILES string of the molecule is O=C(Nc1ccc(F)c(F)c1F)c1cccnc1N1CCCC1. The van der Waals surface area contributed by atoms with E-state index in [2.05, 4.69) is 10.3 Å². The van der Waals surface area contributed by atoms with Gasteiger partial charge in [-0.2, -0.15) is 0 Å². The molecule has 1 fully saturated rings. The van der Waals surface area contributed by atoms with Crippen LogP contribution >= 0.6 is 0 Å². The van der Waals surface area contributed by atoms with Gasteiger partial charge in [-0.15, -0.1) is 0 Å². The van der Waals surface area contributed by atoms with Gasteiger partial charge in [0, 0.05) is 19.3 Å². The minimum Gasteiger partial charge on any atom is -0.356 e. The average molecular weight is 321 g/mol. The number of nitrogens with one attached hydrogen (secondary N) is 1. The Hall–Kier alpha value is -2.57. The van der Waals surface area contributed by atoms with Crippen molar-refractivity contribution in [2.24, 2.45) is 0 Å². The minimum absolute atomic E-state index is 0.263. The number of rotatable bonds is 3. The van der Waals surface area contributed by atoms with Crippen molar-refractivity contribution >= 4 is 17.4 Å². The molecule has 1 aromatic carbocycles. The highest BCUT2D eigenvalue weighted by molar-refractivity contribution is 6.07. The Labute approximate surface area is 130 Å². The topological polar surface area (TPSA) is 45.2 Å². The Bertz CT molecular complexity index is 745. The molecule has 0 saturated carbocycles. The molecule has 0 bridgehead atoms. The first kappa shape index (κ1) is 15.3. The zero-order chi connectivity index (χ0) is 16.4. The molecule has 0 unspecified atom stereocenters. The number of carbonyl (C=O) groups is 1. The third-order valence-corrected chi connectivity index (χ3v) is 3.72. The Morgan fingerprint density at radius 2 is 1.83 bits per heavy atom. The molecule has 1 N–H and O–H groups in total. The molecular weight excluding hydrogens is 307 g/mol. The summed E-state index contributed by atoms with van der Waals surface area (Å²) in [5.41, 5.74) is -0.149. The van der Waals surface area contributed by atoms with Gasteiger partial charge in [-0.05, 0) is 37.1 Å². The van der Waals surface area contributed by atoms with Crippen LogP contribution in [0.15, 0.2) is 30.5 Å². The number of carbonyl (C=O) groups excluding carboxylic acids is 1. The highest BCUT2D eigenvalue weighted by atomic mass is 19.2. The number of aromatic nitrogens is 1. The number of pyridine rings is 1. The van der Waals surface area contributed by atoms with Gasteiger partial charge >= 0.3 is 0 Å². The van der Waals surface area contributed by atoms with Gasteiger partial charge in [0.2, 0.25) is 0 Å². The van der Waals surface area contributed by atoms with Gasteiger partial charge < -0.3 is 10.2 Å². The van der Waals surface area contributed by atoms with Crippen LogP contribution in [0.2, 0.25) is 0 Å². The summed E-state index contributed by atoms with van der Waals surface area (Å²) >= 11 is 0. The number of halogens is 3. The van der Waals surface area contributed by atoms with Crippen LogP contribution in [0.4, 0.5) is 24.7 Å². The first-order valence-corrected chi connectivity index (χ1v) is 7.22. The number of nitrogens with zero attached hydrogens (tertiary/aromatic N) is 2. The second kappa shape index (κ2) is 6.28. The molecule has 1 amide bonds. The Morgan fingerprint density at radius 1 is 1.09 bits per heavy atom. The standard InChI is InChI=1S/C16H14F3N3O/c17-11-5-6-12(14(19)13(11)18)21-16(23)10-4-3-7-20-15(10)22-8-1-2-9-22/h3-7H,1-2,8-9H2,(H,21,23). The van der Waals surface area contributed by atoms with Crippen LogP contribution in [-0.2, 0) is 0 Å². The van der Waals surface area contributed by atoms with Gasteiger partial charge in [0.25, 0.3) is 5.91 Å². The van der Waals surface area contributed by atoms with E-state index in [1.807, 2.05) is 4.90 Å². The molecule has 4 nitrogen and oxygen atoms in total. The summed E-state index contributed by atoms with van der Waals surface area (Å²) < 4.78 is 39.9. The van der Waals surface area contributed by atoms with Crippen LogP contribution < -0.4 is 10.2 Å². The summed E-state index contributed by atoms with van der Waals surface area (Å²) in [6, 6.07) is 4.90. The lowest BCUT2D eigenvalue weighted by Gasteiger charge is -2.19. The third-order valence-electron chi connectivity index (χ3n) is 3.72. The number of amides is 1. The highest BCUT2D eigenvalue weighted by Crippen LogP contribution is 2.24. The van der Waals surface area contributed by atoms with Gasteiger partial charge in [0.05, 0.1) is 11.3 Å². The predicted octanol–water partition coefficient (Wildman–Crippen LogP) is 3.35. The maximum absolute atomic E-state index is 13.7. The van der Waals surface area contributed by atoms with Crippen LogP contribution in [0, 0.1) is 17.5 Å². The monoisotopic (exact) mass is 321 g/mol. The fourth-order valence-corrected chi connectivity index (χ4v) is 2.57. The van der Waals surface area contributed by atoms with E-state index in [9.17, 15) is 18.0 Å². The van der Waals surface area contributed by atoms with Crippen LogP contribution in [0.1, 0.15) is 23.2 Å². The van der Waals surface area contributed by atoms with Crippen molar-refractivity contribution in [3.05, 3.63) is 53.5 Å². The van der Waals surface area contributed by atoms with E-state index in [-0.39, 0.29) is 5.56 Å². The maximum atomic E-state index is 13.7. The highest BCUT2D eigenvalue weighted by Gasteiger charge is 2.22. The van der Waals surface area contributed by atoms with E-state index in [4.69, 9.17) is 0 Å². The second-order valence-electron chi connectivity index (χ2n) is 5.25. The fourth-order valence-electron chi connectivity index (χ4n) is 2.57. The van der Waals surface area contributed by atoms with Crippen LogP contribution in [-0.4, -0.2) is 24.0 Å². The fraction of sp³-hybridized carbons (Fsp3) is 0.250. The first-order chi connectivity index (χ1) is 11.1. The van der Waals surface area contributed by atoms with Gasteiger partial charge in [-0.25, -0.2) is 18.2 Å². The van der Waals surface area contributed by atoms with Crippen molar-refractivity contribution in [1.29, 1.82) is 0 Å². The Balaban J connectivity index is 1.88. The average Bonchev–Trinajstić information content (AvgIpc) is 3.10. The van der Waals surface area contributed by atoms with Crippen molar-refractivity contribution in [1.82, 2.24) is 4.98 Å². The minimum atomic E-state index is -1.62. The normalized spacial score (nSPS) is 14.1. The molecule has 7 heteroatoms. The first-order valence-electron chi connectivity index (χ1n) is 7.22. The van der Waals surface area contributed by atoms with E-state index < -0.39 is 29.0 Å². The van der Waals surface area contributed by atoms with Crippen LogP contribution in [0.25, 0.3) is 0 Å². The molecule has 0 atom stereocenters. The largest absolute Gasteiger partial charge is 0.356 e. The van der Waals surface area contributed by atoms with Crippen LogP contribution in [0.5, 0.6) is 0 Å². The Kier molecular flexibility index (Phi) is 4.18. The lowest BCUT2D eigenvalue weighted by atomic mass is 10.2. The second-order valence-corrected chi connectivity index (χ2v) is 5.25. The van der Waals surface area contributed by atoms with E-state index in [0.29, 0.717) is 5.82 Å².